The highest BCUT2D eigenvalue weighted by Gasteiger charge is 2.39. The summed E-state index contributed by atoms with van der Waals surface area (Å²) in [6.45, 7) is 2.49. The largest absolute Gasteiger partial charge is 0.505 e. The molecular weight excluding hydrogens is 537 g/mol. The van der Waals surface area contributed by atoms with Gasteiger partial charge in [0.2, 0.25) is 18.1 Å². The maximum atomic E-state index is 13.2. The van der Waals surface area contributed by atoms with Crippen LogP contribution in [0.5, 0.6) is 5.75 Å². The first-order chi connectivity index (χ1) is 18.2. The number of halogens is 2. The topological polar surface area (TPSA) is 126 Å². The summed E-state index contributed by atoms with van der Waals surface area (Å²) in [6.07, 6.45) is 0.809. The number of carbonyl (C=O) groups is 3. The van der Waals surface area contributed by atoms with Gasteiger partial charge in [0.1, 0.15) is 12.1 Å². The highest BCUT2D eigenvalue weighted by Crippen LogP contribution is 2.32. The molecule has 0 spiro atoms. The van der Waals surface area contributed by atoms with Gasteiger partial charge >= 0.3 is 0 Å². The zero-order valence-corrected chi connectivity index (χ0v) is 22.2. The smallest absolute Gasteiger partial charge is 0.252 e. The van der Waals surface area contributed by atoms with E-state index in [0.717, 1.165) is 5.56 Å². The molecule has 0 aromatic heterocycles. The molecular formula is C26H29Cl2N3O7. The molecule has 0 saturated carbocycles. The lowest BCUT2D eigenvalue weighted by Gasteiger charge is -2.33. The van der Waals surface area contributed by atoms with Crippen LogP contribution in [0.25, 0.3) is 0 Å². The van der Waals surface area contributed by atoms with Gasteiger partial charge in [-0.3, -0.25) is 14.4 Å². The summed E-state index contributed by atoms with van der Waals surface area (Å²) in [5.41, 5.74) is 1.04. The van der Waals surface area contributed by atoms with Gasteiger partial charge in [-0.05, 0) is 43.9 Å². The second-order valence-electron chi connectivity index (χ2n) is 9.16. The minimum atomic E-state index is -0.921. The van der Waals surface area contributed by atoms with Gasteiger partial charge in [0, 0.05) is 12.1 Å². The Morgan fingerprint density at radius 3 is 2.58 bits per heavy atom. The first-order valence-corrected chi connectivity index (χ1v) is 13.0. The number of phenolic OH excluding ortho intramolecular Hbond substituents is 1. The van der Waals surface area contributed by atoms with Crippen LogP contribution >= 0.6 is 23.2 Å². The number of benzene rings is 2. The first-order valence-electron chi connectivity index (χ1n) is 12.3. The van der Waals surface area contributed by atoms with Crippen molar-refractivity contribution in [3.05, 3.63) is 63.6 Å². The van der Waals surface area contributed by atoms with Crippen molar-refractivity contribution in [1.29, 1.82) is 0 Å². The molecule has 1 unspecified atom stereocenters. The lowest BCUT2D eigenvalue weighted by atomic mass is 10.1. The fourth-order valence-corrected chi connectivity index (χ4v) is 4.89. The van der Waals surface area contributed by atoms with Crippen molar-refractivity contribution >= 4 is 40.9 Å². The first kappa shape index (κ1) is 28.1. The Kier molecular flexibility index (Phi) is 9.45. The molecule has 12 heteroatoms. The Hall–Kier alpha value is -2.89. The monoisotopic (exact) mass is 565 g/mol. The summed E-state index contributed by atoms with van der Waals surface area (Å²) in [6, 6.07) is 9.99. The van der Waals surface area contributed by atoms with E-state index in [4.69, 9.17) is 37.7 Å². The molecule has 2 heterocycles. The van der Waals surface area contributed by atoms with Crippen LogP contribution in [0.2, 0.25) is 10.0 Å². The summed E-state index contributed by atoms with van der Waals surface area (Å²) in [4.78, 5) is 50.9. The number of hydrogen-bond acceptors (Lipinski definition) is 7. The molecule has 2 fully saturated rings. The number of nitrogens with zero attached hydrogens (tertiary/aromatic N) is 1. The maximum absolute atomic E-state index is 13.2. The molecule has 2 aromatic rings. The minimum absolute atomic E-state index is 0.0824. The van der Waals surface area contributed by atoms with Crippen LogP contribution < -0.4 is 10.6 Å². The molecule has 3 amide bonds. The number of carbonyl (C=O) groups excluding carboxylic acids is 3. The SMILES string of the molecule is C[C@H](NC(=O)c1cc(Cl)c(O)c(Cl)c1)C(=O)N1CCC[C@H]1C(=O)N[C@H]1CCOOC1OCc1ccccc1. The van der Waals surface area contributed by atoms with Gasteiger partial charge < -0.3 is 25.4 Å². The highest BCUT2D eigenvalue weighted by molar-refractivity contribution is 6.37. The third-order valence-electron chi connectivity index (χ3n) is 6.42. The van der Waals surface area contributed by atoms with E-state index in [-0.39, 0.29) is 40.5 Å². The van der Waals surface area contributed by atoms with E-state index in [1.807, 2.05) is 30.3 Å². The molecule has 4 atom stereocenters. The average Bonchev–Trinajstić information content (AvgIpc) is 3.41. The number of ether oxygens (including phenoxy) is 1. The van der Waals surface area contributed by atoms with Crippen molar-refractivity contribution in [2.45, 2.75) is 57.2 Å². The molecule has 0 bridgehead atoms. The molecule has 0 radical (unpaired) electrons. The van der Waals surface area contributed by atoms with Crippen LogP contribution in [-0.2, 0) is 30.7 Å². The lowest BCUT2D eigenvalue weighted by molar-refractivity contribution is -0.406. The molecule has 2 aliphatic rings. The minimum Gasteiger partial charge on any atom is -0.505 e. The van der Waals surface area contributed by atoms with Crippen LogP contribution in [-0.4, -0.2) is 65.3 Å². The number of amides is 3. The van der Waals surface area contributed by atoms with E-state index in [1.54, 1.807) is 0 Å². The number of likely N-dealkylation sites (tertiary alicyclic amines) is 1. The van der Waals surface area contributed by atoms with Gasteiger partial charge in [-0.15, -0.1) is 0 Å². The molecule has 204 valence electrons. The Morgan fingerprint density at radius 1 is 1.16 bits per heavy atom. The molecule has 2 aliphatic heterocycles. The molecule has 38 heavy (non-hydrogen) atoms. The number of hydrogen-bond donors (Lipinski definition) is 3. The van der Waals surface area contributed by atoms with Crippen LogP contribution in [0.15, 0.2) is 42.5 Å². The van der Waals surface area contributed by atoms with Gasteiger partial charge in [-0.25, -0.2) is 9.78 Å². The number of phenols is 1. The Balaban J connectivity index is 1.35. The Labute approximate surface area is 230 Å². The van der Waals surface area contributed by atoms with Crippen LogP contribution in [0.4, 0.5) is 0 Å². The second-order valence-corrected chi connectivity index (χ2v) is 9.97. The standard InChI is InChI=1S/C26H29Cl2N3O7/c1-15(29-23(33)17-12-18(27)22(32)19(28)13-17)25(35)31-10-5-8-21(31)24(34)30-20-9-11-37-38-26(20)36-14-16-6-3-2-4-7-16/h2-4,6-7,12-13,15,20-21,26,32H,5,8-11,14H2,1H3,(H,29,33)(H,30,34)/t15-,20-,21-,26?/m0/s1. The summed E-state index contributed by atoms with van der Waals surface area (Å²) in [5, 5.41) is 15.1. The predicted molar refractivity (Wildman–Crippen MR) is 138 cm³/mol. The number of aromatic hydroxyl groups is 1. The van der Waals surface area contributed by atoms with E-state index in [9.17, 15) is 19.5 Å². The summed E-state index contributed by atoms with van der Waals surface area (Å²) >= 11 is 11.8. The number of rotatable bonds is 8. The summed E-state index contributed by atoms with van der Waals surface area (Å²) in [7, 11) is 0. The van der Waals surface area contributed by atoms with Gasteiger partial charge in [0.15, 0.2) is 5.75 Å². The van der Waals surface area contributed by atoms with Crippen molar-refractivity contribution in [2.75, 3.05) is 13.2 Å². The van der Waals surface area contributed by atoms with Crippen LogP contribution in [0, 0.1) is 0 Å². The quantitative estimate of drug-likeness (QED) is 0.419. The number of nitrogens with one attached hydrogen (secondary N) is 2. The van der Waals surface area contributed by atoms with Crippen LogP contribution in [0.3, 0.4) is 0 Å². The molecule has 2 saturated heterocycles. The molecule has 0 aliphatic carbocycles. The molecule has 10 nitrogen and oxygen atoms in total. The van der Waals surface area contributed by atoms with Crippen molar-refractivity contribution in [3.8, 4) is 5.75 Å². The van der Waals surface area contributed by atoms with Gasteiger partial charge in [-0.1, -0.05) is 53.5 Å². The third-order valence-corrected chi connectivity index (χ3v) is 7.00. The van der Waals surface area contributed by atoms with E-state index in [2.05, 4.69) is 10.6 Å². The fourth-order valence-electron chi connectivity index (χ4n) is 4.40. The average molecular weight is 566 g/mol. The van der Waals surface area contributed by atoms with Crippen molar-refractivity contribution in [1.82, 2.24) is 15.5 Å². The maximum Gasteiger partial charge on any atom is 0.252 e. The Bertz CT molecular complexity index is 1140. The fraction of sp³-hybridized carbons (Fsp3) is 0.423. The highest BCUT2D eigenvalue weighted by atomic mass is 35.5. The summed E-state index contributed by atoms with van der Waals surface area (Å²) in [5.74, 6) is -1.64. The van der Waals surface area contributed by atoms with Crippen LogP contribution in [0.1, 0.15) is 42.1 Å². The Morgan fingerprint density at radius 2 is 1.87 bits per heavy atom. The van der Waals surface area contributed by atoms with Crippen molar-refractivity contribution in [2.24, 2.45) is 0 Å². The van der Waals surface area contributed by atoms with E-state index < -0.39 is 36.2 Å². The van der Waals surface area contributed by atoms with Gasteiger partial charge in [0.25, 0.3) is 5.91 Å². The predicted octanol–water partition coefficient (Wildman–Crippen LogP) is 3.19. The van der Waals surface area contributed by atoms with Crippen molar-refractivity contribution in [3.63, 3.8) is 0 Å². The van der Waals surface area contributed by atoms with Crippen molar-refractivity contribution < 1.29 is 34.0 Å². The molecule has 4 rings (SSSR count). The van der Waals surface area contributed by atoms with Gasteiger partial charge in [-0.2, -0.15) is 0 Å². The van der Waals surface area contributed by atoms with Gasteiger partial charge in [0.05, 0.1) is 29.3 Å². The normalized spacial score (nSPS) is 22.1. The van der Waals surface area contributed by atoms with E-state index >= 15 is 0 Å². The molecule has 3 N–H and O–H groups in total. The zero-order valence-electron chi connectivity index (χ0n) is 20.7. The zero-order chi connectivity index (χ0) is 27.2. The lowest BCUT2D eigenvalue weighted by Crippen LogP contribution is -2.56. The second kappa shape index (κ2) is 12.8. The molecule has 2 aromatic carbocycles. The van der Waals surface area contributed by atoms with E-state index in [1.165, 1.54) is 24.0 Å². The third kappa shape index (κ3) is 6.75. The summed E-state index contributed by atoms with van der Waals surface area (Å²) < 4.78 is 5.84. The van der Waals surface area contributed by atoms with E-state index in [0.29, 0.717) is 25.8 Å².